The fraction of sp³-hybridized carbons (Fsp3) is 0.0870. The van der Waals surface area contributed by atoms with Gasteiger partial charge in [0.05, 0.1) is 22.8 Å². The van der Waals surface area contributed by atoms with Crippen LogP contribution in [-0.4, -0.2) is 19.9 Å². The molecule has 25 rings (SSSR count). The Kier molecular flexibility index (Phi) is 11.7. The average Bonchev–Trinajstić information content (AvgIpc) is 1.49. The van der Waals surface area contributed by atoms with Crippen LogP contribution in [0.25, 0.3) is 178 Å². The van der Waals surface area contributed by atoms with Crippen LogP contribution < -0.4 is 0 Å². The number of aryl methyl sites for hydroxylation is 4. The molecule has 450 valence electrons. The van der Waals surface area contributed by atoms with Crippen LogP contribution in [0.4, 0.5) is 0 Å². The van der Waals surface area contributed by atoms with Crippen molar-refractivity contribution >= 4 is 43.6 Å². The Balaban J connectivity index is 0.983. The van der Waals surface area contributed by atoms with E-state index in [0.29, 0.717) is 0 Å². The minimum atomic E-state index is 0.924. The second-order valence-electron chi connectivity index (χ2n) is 27.0. The van der Waals surface area contributed by atoms with Gasteiger partial charge in [-0.15, -0.1) is 0 Å². The van der Waals surface area contributed by atoms with Crippen LogP contribution in [-0.2, 0) is 51.4 Å². The Bertz CT molecular complexity index is 5260. The van der Waals surface area contributed by atoms with Gasteiger partial charge in [0.25, 0.3) is 0 Å². The van der Waals surface area contributed by atoms with Crippen LogP contribution in [0.5, 0.6) is 0 Å². The molecule has 0 radical (unpaired) electrons. The van der Waals surface area contributed by atoms with Crippen LogP contribution >= 0.6 is 0 Å². The summed E-state index contributed by atoms with van der Waals surface area (Å²) in [5, 5.41) is 5.12. The molecule has 0 spiro atoms. The zero-order chi connectivity index (χ0) is 62.7. The van der Waals surface area contributed by atoms with Crippen LogP contribution in [0.1, 0.15) is 44.5 Å². The van der Waals surface area contributed by atoms with Crippen molar-refractivity contribution in [2.24, 2.45) is 0 Å². The average molecular weight is 1220 g/mol. The van der Waals surface area contributed by atoms with Gasteiger partial charge in [-0.25, -0.2) is 9.97 Å². The Labute approximate surface area is 557 Å². The predicted octanol–water partition coefficient (Wildman–Crippen LogP) is 23.0. The molecule has 0 saturated heterocycles. The van der Waals surface area contributed by atoms with Gasteiger partial charge in [0.15, 0.2) is 0 Å². The van der Waals surface area contributed by atoms with Gasteiger partial charge in [-0.3, -0.25) is 0 Å². The lowest BCUT2D eigenvalue weighted by molar-refractivity contribution is 0.937. The molecule has 96 heavy (non-hydrogen) atoms. The van der Waals surface area contributed by atoms with Crippen LogP contribution in [0, 0.1) is 0 Å². The molecule has 8 aliphatic carbocycles. The van der Waals surface area contributed by atoms with E-state index >= 15 is 0 Å². The predicted molar refractivity (Wildman–Crippen MR) is 398 cm³/mol. The molecular formula is C92H62N4. The molecule has 0 amide bonds. The van der Waals surface area contributed by atoms with E-state index in [-0.39, 0.29) is 0 Å². The van der Waals surface area contributed by atoms with E-state index in [4.69, 9.17) is 9.97 Å². The Morgan fingerprint density at radius 1 is 0.177 bits per heavy atom. The summed E-state index contributed by atoms with van der Waals surface area (Å²) in [5.41, 5.74) is 44.8. The zero-order valence-corrected chi connectivity index (χ0v) is 53.0. The quantitative estimate of drug-likeness (QED) is 0.159. The van der Waals surface area contributed by atoms with Gasteiger partial charge in [-0.2, -0.15) is 0 Å². The number of hydrogen-bond acceptors (Lipinski definition) is 2. The second-order valence-corrected chi connectivity index (χ2v) is 27.0. The standard InChI is InChI=1S/C92H62N4/c1-9-25-53(26-10-1)77-61-41-42-62(78(77)54-27-11-2-12-28-54)86-70-50-72-88-64-45-46-66(82(58-35-19-6-20-36-58)80(64)56-31-15-4-16-32-56)90(88)74(95-72)52-76-92-68-48-47-67(83(59-37-21-7-22-38-59)84(68)60-39-23-8-24-40-60)91(92)75(96-76)51-73-89-65-44-43-63(87(89)71(94-73)49-69(93-70)85(61)86)79(55-29-13-3-14-30-55)81(65)57-33-17-5-18-34-57/h1-40,49-52,93,96H,41-48H2. The van der Waals surface area contributed by atoms with Crippen molar-refractivity contribution in [1.82, 2.24) is 19.9 Å². The number of aromatic amines is 2. The maximum atomic E-state index is 6.14. The van der Waals surface area contributed by atoms with E-state index in [9.17, 15) is 0 Å². The summed E-state index contributed by atoms with van der Waals surface area (Å²) in [6.45, 7) is 0. The molecule has 0 atom stereocenters. The van der Waals surface area contributed by atoms with Crippen LogP contribution in [0.15, 0.2) is 267 Å². The van der Waals surface area contributed by atoms with E-state index < -0.39 is 0 Å². The van der Waals surface area contributed by atoms with E-state index in [1.807, 2.05) is 0 Å². The van der Waals surface area contributed by atoms with E-state index in [1.54, 1.807) is 0 Å². The van der Waals surface area contributed by atoms with Gasteiger partial charge in [0.2, 0.25) is 0 Å². The van der Waals surface area contributed by atoms with Crippen LogP contribution in [0.2, 0.25) is 0 Å². The highest BCUT2D eigenvalue weighted by atomic mass is 14.8. The highest BCUT2D eigenvalue weighted by Gasteiger charge is 2.39. The first kappa shape index (κ1) is 53.8. The lowest BCUT2D eigenvalue weighted by atomic mass is 9.73. The van der Waals surface area contributed by atoms with Crippen molar-refractivity contribution in [3.8, 4) is 134 Å². The third-order valence-electron chi connectivity index (χ3n) is 22.1. The first-order valence-electron chi connectivity index (χ1n) is 34.3. The smallest absolute Gasteiger partial charge is 0.0740 e. The van der Waals surface area contributed by atoms with Crippen molar-refractivity contribution in [3.63, 3.8) is 0 Å². The maximum absolute atomic E-state index is 6.14. The third-order valence-corrected chi connectivity index (χ3v) is 22.1. The SMILES string of the molecule is c1ccc(-c2c3c4c(c(c2-c2ccccc2)CC3)-c2cc3[nH]c(cc5nc(cc6[nH]c(cc-4n2)c2c4c(-c7ccccc7)c(-c7ccccc7)c(c62)CC4)-c2c4c(-c6ccccc6)c(-c6ccccc6)c(c2-5)CC4)c2c4c(-c5ccccc5)c(-c5ccccc5)c(c32)CC4)cc1. The Morgan fingerprint density at radius 2 is 0.333 bits per heavy atom. The number of aromatic nitrogens is 4. The maximum Gasteiger partial charge on any atom is 0.0740 e. The number of nitrogens with zero attached hydrogens (tertiary/aromatic N) is 2. The van der Waals surface area contributed by atoms with Gasteiger partial charge in [0.1, 0.15) is 0 Å². The van der Waals surface area contributed by atoms with Gasteiger partial charge in [-0.1, -0.05) is 243 Å². The molecule has 3 aromatic heterocycles. The minimum absolute atomic E-state index is 0.924. The van der Waals surface area contributed by atoms with E-state index in [2.05, 4.69) is 277 Å². The minimum Gasteiger partial charge on any atom is -0.354 e. The summed E-state index contributed by atoms with van der Waals surface area (Å²) >= 11 is 0. The molecule has 12 aromatic carbocycles. The molecule has 15 aromatic rings. The van der Waals surface area contributed by atoms with Crippen molar-refractivity contribution in [2.45, 2.75) is 51.4 Å². The molecule has 2 N–H and O–H groups in total. The number of nitrogens with one attached hydrogen (secondary N) is 2. The summed E-state index contributed by atoms with van der Waals surface area (Å²) in [4.78, 5) is 20.9. The summed E-state index contributed by atoms with van der Waals surface area (Å²) in [7, 11) is 0. The largest absolute Gasteiger partial charge is 0.354 e. The van der Waals surface area contributed by atoms with Crippen molar-refractivity contribution in [2.75, 3.05) is 0 Å². The monoisotopic (exact) mass is 1220 g/mol. The molecule has 4 heteroatoms. The normalized spacial score (nSPS) is 13.5. The highest BCUT2D eigenvalue weighted by molar-refractivity contribution is 6.21. The number of benzene rings is 12. The van der Waals surface area contributed by atoms with E-state index in [1.165, 1.54) is 177 Å². The van der Waals surface area contributed by atoms with Crippen molar-refractivity contribution < 1.29 is 0 Å². The highest BCUT2D eigenvalue weighted by Crippen LogP contribution is 2.59. The summed E-state index contributed by atoms with van der Waals surface area (Å²) in [6.07, 6.45) is 7.42. The van der Waals surface area contributed by atoms with Crippen molar-refractivity contribution in [1.29, 1.82) is 0 Å². The van der Waals surface area contributed by atoms with E-state index in [0.717, 1.165) is 96.2 Å². The number of H-pyrrole nitrogens is 2. The Hall–Kier alpha value is -11.7. The molecule has 0 saturated carbocycles. The molecule has 4 nitrogen and oxygen atoms in total. The first-order chi connectivity index (χ1) is 47.7. The van der Waals surface area contributed by atoms with Gasteiger partial charge in [-0.05, 0) is 209 Å². The van der Waals surface area contributed by atoms with Crippen LogP contribution in [0.3, 0.4) is 0 Å². The number of rotatable bonds is 8. The molecule has 16 bridgehead atoms. The molecule has 10 aliphatic rings. The fourth-order valence-corrected chi connectivity index (χ4v) is 18.5. The summed E-state index contributed by atoms with van der Waals surface area (Å²) < 4.78 is 0. The molecule has 5 heterocycles. The third kappa shape index (κ3) is 7.78. The summed E-state index contributed by atoms with van der Waals surface area (Å²) in [6, 6.07) is 99.4. The van der Waals surface area contributed by atoms with Gasteiger partial charge < -0.3 is 9.97 Å². The summed E-state index contributed by atoms with van der Waals surface area (Å²) in [5.74, 6) is 0. The van der Waals surface area contributed by atoms with Gasteiger partial charge >= 0.3 is 0 Å². The lowest BCUT2D eigenvalue weighted by Crippen LogP contribution is -2.11. The Morgan fingerprint density at radius 3 is 0.510 bits per heavy atom. The number of fused-ring (bicyclic) bond motifs is 16. The first-order valence-corrected chi connectivity index (χ1v) is 34.3. The van der Waals surface area contributed by atoms with Crippen molar-refractivity contribution in [3.05, 3.63) is 311 Å². The molecular weight excluding hydrogens is 1160 g/mol. The molecule has 0 unspecified atom stereocenters. The zero-order valence-electron chi connectivity index (χ0n) is 53.0. The molecule has 2 aliphatic heterocycles. The number of hydrogen-bond donors (Lipinski definition) is 2. The lowest BCUT2D eigenvalue weighted by Gasteiger charge is -2.29. The topological polar surface area (TPSA) is 57.4 Å². The fourth-order valence-electron chi connectivity index (χ4n) is 18.5. The second kappa shape index (κ2) is 20.9. The molecule has 0 fully saturated rings. The van der Waals surface area contributed by atoms with Gasteiger partial charge in [0, 0.05) is 65.9 Å².